The molecule has 69 heavy (non-hydrogen) atoms. The Morgan fingerprint density at radius 2 is 1.00 bits per heavy atom. The van der Waals surface area contributed by atoms with Crippen molar-refractivity contribution in [3.8, 4) is 0 Å². The van der Waals surface area contributed by atoms with Gasteiger partial charge < -0.3 is 45.1 Å². The van der Waals surface area contributed by atoms with Gasteiger partial charge in [-0.3, -0.25) is 9.59 Å². The third kappa shape index (κ3) is 35.2. The Morgan fingerprint density at radius 3 is 1.54 bits per heavy atom. The number of allylic oxidation sites excluding steroid dienone is 9. The Balaban J connectivity index is 2.76. The molecular formula is C58H103NO10. The smallest absolute Gasteiger partial charge is 0.306 e. The van der Waals surface area contributed by atoms with Crippen molar-refractivity contribution < 1.29 is 49.3 Å². The van der Waals surface area contributed by atoms with Crippen molar-refractivity contribution in [3.05, 3.63) is 60.8 Å². The normalized spacial score (nSPS) is 20.3. The van der Waals surface area contributed by atoms with E-state index in [0.29, 0.717) is 12.8 Å². The fourth-order valence-corrected chi connectivity index (χ4v) is 8.36. The molecule has 11 nitrogen and oxygen atoms in total. The molecule has 0 spiro atoms. The first-order valence-corrected chi connectivity index (χ1v) is 28.1. The molecule has 11 heteroatoms. The average molecular weight is 974 g/mol. The van der Waals surface area contributed by atoms with Crippen LogP contribution in [0.4, 0.5) is 0 Å². The maximum Gasteiger partial charge on any atom is 0.306 e. The van der Waals surface area contributed by atoms with Gasteiger partial charge in [-0.05, 0) is 89.9 Å². The lowest BCUT2D eigenvalue weighted by Gasteiger charge is -2.41. The summed E-state index contributed by atoms with van der Waals surface area (Å²) in [5.41, 5.74) is 0. The van der Waals surface area contributed by atoms with Gasteiger partial charge in [0.25, 0.3) is 0 Å². The number of unbranched alkanes of at least 4 members (excludes halogenated alkanes) is 24. The number of aliphatic hydroxyl groups is 5. The summed E-state index contributed by atoms with van der Waals surface area (Å²) < 4.78 is 17.5. The molecule has 1 heterocycles. The van der Waals surface area contributed by atoms with Crippen LogP contribution in [0.2, 0.25) is 0 Å². The summed E-state index contributed by atoms with van der Waals surface area (Å²) in [5, 5.41) is 56.7. The van der Waals surface area contributed by atoms with E-state index in [0.717, 1.165) is 83.5 Å². The summed E-state index contributed by atoms with van der Waals surface area (Å²) in [7, 11) is 0. The molecule has 8 unspecified atom stereocenters. The Kier molecular flexibility index (Phi) is 43.3. The molecular weight excluding hydrogens is 871 g/mol. The van der Waals surface area contributed by atoms with E-state index in [1.165, 1.54) is 103 Å². The highest BCUT2D eigenvalue weighted by Gasteiger charge is 2.47. The Hall–Kier alpha value is -2.64. The summed E-state index contributed by atoms with van der Waals surface area (Å²) in [5.74, 6) is -1.24. The predicted molar refractivity (Wildman–Crippen MR) is 283 cm³/mol. The second-order valence-corrected chi connectivity index (χ2v) is 19.3. The summed E-state index contributed by atoms with van der Waals surface area (Å²) in [6.45, 7) is 5.70. The van der Waals surface area contributed by atoms with Gasteiger partial charge >= 0.3 is 5.97 Å². The van der Waals surface area contributed by atoms with Crippen LogP contribution in [-0.2, 0) is 23.8 Å². The molecule has 1 aliphatic rings. The minimum Gasteiger partial charge on any atom is -0.454 e. The fourth-order valence-electron chi connectivity index (χ4n) is 8.36. The van der Waals surface area contributed by atoms with Gasteiger partial charge in [-0.1, -0.05) is 197 Å². The quantitative estimate of drug-likeness (QED) is 0.0196. The molecule has 8 atom stereocenters. The Morgan fingerprint density at radius 1 is 0.565 bits per heavy atom. The highest BCUT2D eigenvalue weighted by Crippen LogP contribution is 2.26. The zero-order valence-corrected chi connectivity index (χ0v) is 43.9. The molecule has 0 saturated carbocycles. The van der Waals surface area contributed by atoms with Crippen LogP contribution in [0.3, 0.4) is 0 Å². The topological polar surface area (TPSA) is 175 Å². The number of carbonyl (C=O) groups excluding carboxylic acids is 2. The molecule has 0 aromatic rings. The molecule has 0 radical (unpaired) electrons. The molecule has 0 aromatic heterocycles. The van der Waals surface area contributed by atoms with Crippen LogP contribution in [0.15, 0.2) is 60.8 Å². The maximum absolute atomic E-state index is 13.3. The van der Waals surface area contributed by atoms with Crippen molar-refractivity contribution in [3.63, 3.8) is 0 Å². The van der Waals surface area contributed by atoms with Gasteiger partial charge in [-0.25, -0.2) is 0 Å². The molecule has 1 saturated heterocycles. The van der Waals surface area contributed by atoms with Gasteiger partial charge in [0, 0.05) is 6.42 Å². The van der Waals surface area contributed by atoms with Gasteiger partial charge in [0.15, 0.2) is 12.4 Å². The van der Waals surface area contributed by atoms with E-state index in [1.807, 2.05) is 6.08 Å². The van der Waals surface area contributed by atoms with Crippen LogP contribution in [0.1, 0.15) is 233 Å². The number of hydrogen-bond acceptors (Lipinski definition) is 10. The van der Waals surface area contributed by atoms with Crippen molar-refractivity contribution in [1.29, 1.82) is 0 Å². The Labute approximate surface area is 420 Å². The largest absolute Gasteiger partial charge is 0.454 e. The van der Waals surface area contributed by atoms with Gasteiger partial charge in [0.2, 0.25) is 5.91 Å². The van der Waals surface area contributed by atoms with Crippen LogP contribution in [0.5, 0.6) is 0 Å². The van der Waals surface area contributed by atoms with Crippen LogP contribution in [0.25, 0.3) is 0 Å². The maximum atomic E-state index is 13.3. The van der Waals surface area contributed by atoms with E-state index in [2.05, 4.69) is 74.7 Å². The lowest BCUT2D eigenvalue weighted by atomic mass is 9.99. The van der Waals surface area contributed by atoms with Crippen LogP contribution in [-0.4, -0.2) is 99.6 Å². The molecule has 6 N–H and O–H groups in total. The highest BCUT2D eigenvalue weighted by atomic mass is 16.7. The van der Waals surface area contributed by atoms with Crippen LogP contribution in [0, 0.1) is 0 Å². The lowest BCUT2D eigenvalue weighted by Crippen LogP contribution is -2.61. The van der Waals surface area contributed by atoms with Crippen molar-refractivity contribution in [2.45, 2.75) is 282 Å². The van der Waals surface area contributed by atoms with Crippen molar-refractivity contribution in [2.75, 3.05) is 13.2 Å². The van der Waals surface area contributed by atoms with Crippen molar-refractivity contribution in [1.82, 2.24) is 5.32 Å². The number of ether oxygens (including phenoxy) is 3. The first-order chi connectivity index (χ1) is 33.7. The molecule has 0 aliphatic carbocycles. The predicted octanol–water partition coefficient (Wildman–Crippen LogP) is 12.3. The summed E-state index contributed by atoms with van der Waals surface area (Å²) in [6, 6.07) is -1.04. The van der Waals surface area contributed by atoms with Crippen LogP contribution >= 0.6 is 0 Å². The molecule has 1 fully saturated rings. The summed E-state index contributed by atoms with van der Waals surface area (Å²) >= 11 is 0. The third-order valence-electron chi connectivity index (χ3n) is 12.9. The number of amides is 1. The van der Waals surface area contributed by atoms with Gasteiger partial charge in [-0.2, -0.15) is 0 Å². The van der Waals surface area contributed by atoms with E-state index in [9.17, 15) is 35.1 Å². The van der Waals surface area contributed by atoms with Gasteiger partial charge in [0.1, 0.15) is 24.4 Å². The second-order valence-electron chi connectivity index (χ2n) is 19.3. The molecule has 1 amide bonds. The zero-order chi connectivity index (χ0) is 50.4. The minimum absolute atomic E-state index is 0.0949. The summed E-state index contributed by atoms with van der Waals surface area (Å²) in [4.78, 5) is 26.4. The number of carbonyl (C=O) groups is 2. The van der Waals surface area contributed by atoms with E-state index < -0.39 is 67.4 Å². The average Bonchev–Trinajstić information content (AvgIpc) is 3.34. The van der Waals surface area contributed by atoms with Gasteiger partial charge in [0.05, 0.1) is 25.4 Å². The first kappa shape index (κ1) is 64.4. The Bertz CT molecular complexity index is 1350. The number of rotatable bonds is 46. The number of aliphatic hydroxyl groups excluding tert-OH is 5. The fraction of sp³-hybridized carbons (Fsp3) is 0.793. The number of nitrogens with one attached hydrogen (secondary N) is 1. The van der Waals surface area contributed by atoms with E-state index >= 15 is 0 Å². The molecule has 1 aliphatic heterocycles. The zero-order valence-electron chi connectivity index (χ0n) is 43.9. The second kappa shape index (κ2) is 46.4. The van der Waals surface area contributed by atoms with Crippen LogP contribution < -0.4 is 5.32 Å². The number of esters is 1. The first-order valence-electron chi connectivity index (χ1n) is 28.1. The minimum atomic E-state index is -1.63. The molecule has 0 bridgehead atoms. The van der Waals surface area contributed by atoms with E-state index in [4.69, 9.17) is 14.2 Å². The SMILES string of the molecule is CCCCC/C=C\C/C=C\C/C=C\CCCCCCC(=O)OC1C(OCC(NC(=O)C(O)CCCC/C=C\CCCCCCCC)C(O)/C=C/CCCCCCCCCCC)OC(CO)C(O)C1O. The molecule has 400 valence electrons. The van der Waals surface area contributed by atoms with E-state index in [1.54, 1.807) is 6.08 Å². The van der Waals surface area contributed by atoms with Crippen molar-refractivity contribution in [2.24, 2.45) is 0 Å². The number of hydrogen-bond donors (Lipinski definition) is 6. The lowest BCUT2D eigenvalue weighted by molar-refractivity contribution is -0.305. The van der Waals surface area contributed by atoms with Gasteiger partial charge in [-0.15, -0.1) is 0 Å². The molecule has 0 aromatic carbocycles. The van der Waals surface area contributed by atoms with E-state index in [-0.39, 0.29) is 19.4 Å². The standard InChI is InChI=1S/C58H103NO10/c1-4-7-10-13-16-19-22-24-25-26-27-28-31-34-37-40-43-46-53(63)69-56-55(65)54(64)52(47-60)68-58(56)67-48-49(50(61)44-41-38-35-32-29-21-18-15-12-9-6-3)59-57(66)51(62)45-42-39-36-33-30-23-20-17-14-11-8-5-2/h16,19,24-25,27-28,30,33,41,44,49-52,54-56,58,60-62,64-65H,4-15,17-18,20-23,26,29,31-32,34-40,42-43,45-48H2,1-3H3,(H,59,66)/b19-16-,25-24-,28-27-,33-30-,44-41+. The highest BCUT2D eigenvalue weighted by molar-refractivity contribution is 5.80. The summed E-state index contributed by atoms with van der Waals surface area (Å²) in [6.07, 6.45) is 45.5. The monoisotopic (exact) mass is 974 g/mol. The molecule has 1 rings (SSSR count). The third-order valence-corrected chi connectivity index (χ3v) is 12.9. The van der Waals surface area contributed by atoms with Crippen molar-refractivity contribution >= 4 is 11.9 Å².